The largest absolute Gasteiger partial charge is 0.393 e. The number of carbonyl (C=O) groups excluding carboxylic acids is 2. The van der Waals surface area contributed by atoms with E-state index in [-0.39, 0.29) is 41.6 Å². The highest BCUT2D eigenvalue weighted by Gasteiger charge is 2.64. The molecule has 0 bridgehead atoms. The van der Waals surface area contributed by atoms with E-state index in [0.717, 1.165) is 24.8 Å². The van der Waals surface area contributed by atoms with E-state index in [1.165, 1.54) is 5.57 Å². The summed E-state index contributed by atoms with van der Waals surface area (Å²) in [6.07, 6.45) is 8.05. The summed E-state index contributed by atoms with van der Waals surface area (Å²) in [7, 11) is 0. The summed E-state index contributed by atoms with van der Waals surface area (Å²) in [5.74, 6) is 0.473. The Bertz CT molecular complexity index is 692. The third-order valence-corrected chi connectivity index (χ3v) is 7.34. The molecule has 1 saturated heterocycles. The predicted octanol–water partition coefficient (Wildman–Crippen LogP) is 4.19. The van der Waals surface area contributed by atoms with E-state index in [9.17, 15) is 14.7 Å². The first-order valence-electron chi connectivity index (χ1n) is 11.1. The summed E-state index contributed by atoms with van der Waals surface area (Å²) in [5.41, 5.74) is 1.45. The van der Waals surface area contributed by atoms with E-state index in [2.05, 4.69) is 52.1 Å². The van der Waals surface area contributed by atoms with Gasteiger partial charge in [-0.2, -0.15) is 0 Å². The van der Waals surface area contributed by atoms with Crippen LogP contribution in [0.4, 0.5) is 0 Å². The van der Waals surface area contributed by atoms with E-state index in [1.54, 1.807) is 0 Å². The molecular formula is C24H37NO3. The standard InChI is InChI=1S/C24H37NO3/c1-14(2)11-20-22-17(5)16(4)13-18-12-15(3)9-10-19(26)7-6-8-21(27)24(18,22)23(28)25-20/h12-14,17-20,22,26H,6-11H2,1-5H3,(H,25,28)/b15-12+/t17-,18+,19+,20+,22+,24-/m1/s1. The summed E-state index contributed by atoms with van der Waals surface area (Å²) in [6.45, 7) is 10.7. The van der Waals surface area contributed by atoms with Gasteiger partial charge in [-0.05, 0) is 57.8 Å². The number of Topliss-reactive ketones (excluding diaryl/α,β-unsaturated/α-hetero) is 1. The summed E-state index contributed by atoms with van der Waals surface area (Å²) in [6, 6.07) is 0.0435. The number of aliphatic hydroxyl groups is 1. The number of ketones is 1. The van der Waals surface area contributed by atoms with Gasteiger partial charge in [0.15, 0.2) is 0 Å². The van der Waals surface area contributed by atoms with E-state index < -0.39 is 5.41 Å². The number of rotatable bonds is 2. The van der Waals surface area contributed by atoms with Gasteiger partial charge in [-0.1, -0.05) is 44.1 Å². The van der Waals surface area contributed by atoms with Gasteiger partial charge in [0.1, 0.15) is 11.2 Å². The average Bonchev–Trinajstić information content (AvgIpc) is 2.88. The maximum Gasteiger partial charge on any atom is 0.235 e. The smallest absolute Gasteiger partial charge is 0.235 e. The molecule has 0 radical (unpaired) electrons. The number of allylic oxidation sites excluding steroid dienone is 4. The van der Waals surface area contributed by atoms with Crippen LogP contribution in [-0.2, 0) is 9.59 Å². The Morgan fingerprint density at radius 2 is 1.89 bits per heavy atom. The van der Waals surface area contributed by atoms with Gasteiger partial charge in [-0.15, -0.1) is 0 Å². The number of hydrogen-bond acceptors (Lipinski definition) is 3. The minimum atomic E-state index is -0.991. The minimum absolute atomic E-state index is 0.000346. The Balaban J connectivity index is 2.14. The fraction of sp³-hybridized carbons (Fsp3) is 0.750. The molecule has 156 valence electrons. The summed E-state index contributed by atoms with van der Waals surface area (Å²) in [4.78, 5) is 27.2. The molecule has 1 heterocycles. The highest BCUT2D eigenvalue weighted by molar-refractivity contribution is 6.09. The van der Waals surface area contributed by atoms with E-state index in [0.29, 0.717) is 25.2 Å². The van der Waals surface area contributed by atoms with Gasteiger partial charge in [0, 0.05) is 24.3 Å². The van der Waals surface area contributed by atoms with Crippen molar-refractivity contribution in [2.24, 2.45) is 29.1 Å². The zero-order valence-corrected chi connectivity index (χ0v) is 18.1. The van der Waals surface area contributed by atoms with E-state index in [1.807, 2.05) is 0 Å². The number of nitrogens with one attached hydrogen (secondary N) is 1. The number of aliphatic hydroxyl groups excluding tert-OH is 1. The lowest BCUT2D eigenvalue weighted by Gasteiger charge is -2.45. The third-order valence-electron chi connectivity index (χ3n) is 7.34. The summed E-state index contributed by atoms with van der Waals surface area (Å²) in [5, 5.41) is 13.5. The Labute approximate surface area is 169 Å². The highest BCUT2D eigenvalue weighted by Crippen LogP contribution is 2.55. The molecule has 0 aromatic heterocycles. The van der Waals surface area contributed by atoms with Crippen LogP contribution in [0.15, 0.2) is 23.3 Å². The average molecular weight is 388 g/mol. The maximum atomic E-state index is 13.7. The third kappa shape index (κ3) is 3.60. The molecule has 4 heteroatoms. The molecular weight excluding hydrogens is 350 g/mol. The van der Waals surface area contributed by atoms with Gasteiger partial charge in [0.05, 0.1) is 6.10 Å². The Morgan fingerprint density at radius 3 is 2.57 bits per heavy atom. The van der Waals surface area contributed by atoms with Gasteiger partial charge >= 0.3 is 0 Å². The molecule has 28 heavy (non-hydrogen) atoms. The van der Waals surface area contributed by atoms with Crippen molar-refractivity contribution >= 4 is 11.7 Å². The molecule has 6 atom stereocenters. The van der Waals surface area contributed by atoms with E-state index >= 15 is 0 Å². The molecule has 1 fully saturated rings. The Morgan fingerprint density at radius 1 is 1.18 bits per heavy atom. The van der Waals surface area contributed by atoms with E-state index in [4.69, 9.17) is 0 Å². The normalized spacial score (nSPS) is 41.3. The first-order valence-corrected chi connectivity index (χ1v) is 11.1. The van der Waals surface area contributed by atoms with Gasteiger partial charge in [-0.25, -0.2) is 0 Å². The zero-order chi connectivity index (χ0) is 20.6. The lowest BCUT2D eigenvalue weighted by atomic mass is 9.54. The van der Waals surface area contributed by atoms with Crippen molar-refractivity contribution in [2.75, 3.05) is 0 Å². The zero-order valence-electron chi connectivity index (χ0n) is 18.1. The van der Waals surface area contributed by atoms with Gasteiger partial charge in [0.2, 0.25) is 5.91 Å². The van der Waals surface area contributed by atoms with Crippen LogP contribution in [0.3, 0.4) is 0 Å². The van der Waals surface area contributed by atoms with Crippen molar-refractivity contribution < 1.29 is 14.7 Å². The molecule has 2 aliphatic carbocycles. The van der Waals surface area contributed by atoms with Crippen molar-refractivity contribution in [3.8, 4) is 0 Å². The van der Waals surface area contributed by atoms with Crippen molar-refractivity contribution in [3.05, 3.63) is 23.3 Å². The van der Waals surface area contributed by atoms with Crippen LogP contribution in [0.25, 0.3) is 0 Å². The van der Waals surface area contributed by atoms with Crippen molar-refractivity contribution in [2.45, 2.75) is 85.3 Å². The quantitative estimate of drug-likeness (QED) is 0.552. The number of hydrogen-bond donors (Lipinski definition) is 2. The van der Waals surface area contributed by atoms with Crippen LogP contribution in [0, 0.1) is 29.1 Å². The van der Waals surface area contributed by atoms with Gasteiger partial charge in [-0.3, -0.25) is 9.59 Å². The first kappa shape index (κ1) is 21.3. The fourth-order valence-electron chi connectivity index (χ4n) is 5.84. The van der Waals surface area contributed by atoms with Crippen LogP contribution in [0.2, 0.25) is 0 Å². The van der Waals surface area contributed by atoms with Crippen LogP contribution >= 0.6 is 0 Å². The SMILES string of the molecule is CC1=C[C@@H]2/C=C(\C)CC[C@@H](O)CCCC(=O)[C@]23C(=O)N[C@@H](CC(C)C)[C@@H]3[C@@H]1C. The Kier molecular flexibility index (Phi) is 6.19. The van der Waals surface area contributed by atoms with Crippen LogP contribution in [-0.4, -0.2) is 28.9 Å². The molecule has 0 aromatic carbocycles. The molecule has 1 aliphatic heterocycles. The number of amides is 1. The molecule has 0 unspecified atom stereocenters. The minimum Gasteiger partial charge on any atom is -0.393 e. The van der Waals surface area contributed by atoms with Crippen LogP contribution in [0.1, 0.15) is 73.1 Å². The second-order valence-electron chi connectivity index (χ2n) is 9.85. The highest BCUT2D eigenvalue weighted by atomic mass is 16.3. The van der Waals surface area contributed by atoms with Crippen molar-refractivity contribution in [1.29, 1.82) is 0 Å². The van der Waals surface area contributed by atoms with Crippen LogP contribution in [0.5, 0.6) is 0 Å². The number of carbonyl (C=O) groups is 2. The van der Waals surface area contributed by atoms with Crippen LogP contribution < -0.4 is 5.32 Å². The van der Waals surface area contributed by atoms with Crippen molar-refractivity contribution in [3.63, 3.8) is 0 Å². The molecule has 3 rings (SSSR count). The molecule has 0 saturated carbocycles. The second kappa shape index (κ2) is 8.14. The first-order chi connectivity index (χ1) is 13.2. The van der Waals surface area contributed by atoms with Gasteiger partial charge < -0.3 is 10.4 Å². The lowest BCUT2D eigenvalue weighted by Crippen LogP contribution is -2.52. The maximum absolute atomic E-state index is 13.7. The molecule has 2 N–H and O–H groups in total. The molecule has 4 nitrogen and oxygen atoms in total. The molecule has 3 aliphatic rings. The molecule has 1 amide bonds. The van der Waals surface area contributed by atoms with Gasteiger partial charge in [0.25, 0.3) is 0 Å². The van der Waals surface area contributed by atoms with Crippen molar-refractivity contribution in [1.82, 2.24) is 5.32 Å². The topological polar surface area (TPSA) is 66.4 Å². The molecule has 0 aromatic rings. The lowest BCUT2D eigenvalue weighted by molar-refractivity contribution is -0.145. The molecule has 1 spiro atoms. The predicted molar refractivity (Wildman–Crippen MR) is 112 cm³/mol. The monoisotopic (exact) mass is 387 g/mol. The summed E-state index contributed by atoms with van der Waals surface area (Å²) < 4.78 is 0. The Hall–Kier alpha value is -1.42. The second-order valence-corrected chi connectivity index (χ2v) is 9.85. The fourth-order valence-corrected chi connectivity index (χ4v) is 5.84. The summed E-state index contributed by atoms with van der Waals surface area (Å²) >= 11 is 0.